The summed E-state index contributed by atoms with van der Waals surface area (Å²) in [7, 11) is 0. The Bertz CT molecular complexity index is 1170. The number of thiophene rings is 2. The second kappa shape index (κ2) is 9.07. The zero-order chi connectivity index (χ0) is 21.1. The highest BCUT2D eigenvalue weighted by Gasteiger charge is 2.12. The normalized spacial score (nSPS) is 11.2. The van der Waals surface area contributed by atoms with Gasteiger partial charge in [-0.15, -0.1) is 22.7 Å². The fraction of sp³-hybridized carbons (Fsp3) is 0.273. The van der Waals surface area contributed by atoms with Crippen LogP contribution in [0, 0.1) is 19.7 Å². The fourth-order valence-corrected chi connectivity index (χ4v) is 5.35. The molecule has 8 heteroatoms. The molecule has 3 heterocycles. The lowest BCUT2D eigenvalue weighted by Gasteiger charge is -2.07. The number of aliphatic hydroxyl groups excluding tert-OH is 1. The van der Waals surface area contributed by atoms with Crippen LogP contribution >= 0.6 is 22.7 Å². The molecule has 5 nitrogen and oxygen atoms in total. The van der Waals surface area contributed by atoms with E-state index >= 15 is 0 Å². The number of halogens is 1. The van der Waals surface area contributed by atoms with Crippen LogP contribution in [0.1, 0.15) is 16.0 Å². The van der Waals surface area contributed by atoms with Gasteiger partial charge in [0.2, 0.25) is 0 Å². The van der Waals surface area contributed by atoms with E-state index in [1.807, 2.05) is 24.4 Å². The maximum absolute atomic E-state index is 13.9. The maximum atomic E-state index is 13.9. The minimum Gasteiger partial charge on any atom is -0.490 e. The molecule has 0 unspecified atom stereocenters. The summed E-state index contributed by atoms with van der Waals surface area (Å²) in [6, 6.07) is 7.04. The molecule has 2 N–H and O–H groups in total. The van der Waals surface area contributed by atoms with Crippen molar-refractivity contribution in [3.05, 3.63) is 57.8 Å². The Kier molecular flexibility index (Phi) is 6.26. The SMILES string of the molecule is Cc1sc2c(C)cc(F)cc2c1CCNc1cc(-c2cc(OCCO)cs2)ncn1. The third-order valence-corrected chi connectivity index (χ3v) is 7.01. The summed E-state index contributed by atoms with van der Waals surface area (Å²) in [5.74, 6) is 1.27. The fourth-order valence-electron chi connectivity index (χ4n) is 3.40. The summed E-state index contributed by atoms with van der Waals surface area (Å²) in [5, 5.41) is 15.1. The van der Waals surface area contributed by atoms with Crippen LogP contribution in [0.25, 0.3) is 20.7 Å². The summed E-state index contributed by atoms with van der Waals surface area (Å²) in [5.41, 5.74) is 2.98. The number of benzene rings is 1. The maximum Gasteiger partial charge on any atom is 0.130 e. The van der Waals surface area contributed by atoms with E-state index < -0.39 is 0 Å². The minimum atomic E-state index is -0.189. The number of aryl methyl sites for hydroxylation is 2. The van der Waals surface area contributed by atoms with Crippen LogP contribution in [0.5, 0.6) is 5.75 Å². The molecule has 0 amide bonds. The van der Waals surface area contributed by atoms with Crippen molar-refractivity contribution in [2.75, 3.05) is 25.1 Å². The van der Waals surface area contributed by atoms with Crippen molar-refractivity contribution in [3.63, 3.8) is 0 Å². The molecule has 4 rings (SSSR count). The van der Waals surface area contributed by atoms with Gasteiger partial charge in [-0.1, -0.05) is 0 Å². The van der Waals surface area contributed by atoms with Gasteiger partial charge in [0.15, 0.2) is 0 Å². The van der Waals surface area contributed by atoms with Gasteiger partial charge in [-0.25, -0.2) is 14.4 Å². The van der Waals surface area contributed by atoms with Crippen LogP contribution in [0.2, 0.25) is 0 Å². The molecular formula is C22H22FN3O2S2. The first-order chi connectivity index (χ1) is 14.5. The highest BCUT2D eigenvalue weighted by Crippen LogP contribution is 2.34. The van der Waals surface area contributed by atoms with Crippen LogP contribution in [0.3, 0.4) is 0 Å². The Balaban J connectivity index is 1.45. The van der Waals surface area contributed by atoms with Gasteiger partial charge in [0.05, 0.1) is 17.2 Å². The van der Waals surface area contributed by atoms with E-state index in [2.05, 4.69) is 22.2 Å². The van der Waals surface area contributed by atoms with Gasteiger partial charge in [-0.2, -0.15) is 0 Å². The molecule has 3 aromatic heterocycles. The summed E-state index contributed by atoms with van der Waals surface area (Å²) in [6.45, 7) is 4.99. The number of aromatic nitrogens is 2. The molecule has 0 saturated carbocycles. The average Bonchev–Trinajstić information content (AvgIpc) is 3.32. The standard InChI is InChI=1S/C22H22FN3O2S2/c1-13-7-15(23)8-18-17(14(2)30-22(13)18)3-4-24-21-10-19(25-12-26-21)20-9-16(11-29-20)28-6-5-27/h7-12,27H,3-6H2,1-2H3,(H,24,25,26). The number of ether oxygens (including phenoxy) is 1. The van der Waals surface area contributed by atoms with Crippen molar-refractivity contribution < 1.29 is 14.2 Å². The van der Waals surface area contributed by atoms with E-state index in [-0.39, 0.29) is 19.0 Å². The van der Waals surface area contributed by atoms with Crippen molar-refractivity contribution in [2.24, 2.45) is 0 Å². The highest BCUT2D eigenvalue weighted by atomic mass is 32.1. The molecule has 1 aromatic carbocycles. The number of anilines is 1. The summed E-state index contributed by atoms with van der Waals surface area (Å²) in [4.78, 5) is 10.9. The third-order valence-electron chi connectivity index (χ3n) is 4.78. The van der Waals surface area contributed by atoms with Crippen molar-refractivity contribution in [1.82, 2.24) is 9.97 Å². The van der Waals surface area contributed by atoms with Crippen LogP contribution in [-0.4, -0.2) is 34.8 Å². The number of hydrogen-bond acceptors (Lipinski definition) is 7. The van der Waals surface area contributed by atoms with Crippen molar-refractivity contribution in [2.45, 2.75) is 20.3 Å². The number of fused-ring (bicyclic) bond motifs is 1. The lowest BCUT2D eigenvalue weighted by molar-refractivity contribution is 0.202. The second-order valence-corrected chi connectivity index (χ2v) is 9.06. The molecule has 0 radical (unpaired) electrons. The van der Waals surface area contributed by atoms with Gasteiger partial charge >= 0.3 is 0 Å². The molecule has 4 aromatic rings. The highest BCUT2D eigenvalue weighted by molar-refractivity contribution is 7.19. The first-order valence-corrected chi connectivity index (χ1v) is 11.3. The molecule has 30 heavy (non-hydrogen) atoms. The van der Waals surface area contributed by atoms with E-state index in [9.17, 15) is 4.39 Å². The number of hydrogen-bond donors (Lipinski definition) is 2. The Morgan fingerprint density at radius 1 is 1.17 bits per heavy atom. The summed E-state index contributed by atoms with van der Waals surface area (Å²) in [6.07, 6.45) is 2.32. The molecule has 0 spiro atoms. The largest absolute Gasteiger partial charge is 0.490 e. The van der Waals surface area contributed by atoms with E-state index in [1.54, 1.807) is 23.5 Å². The quantitative estimate of drug-likeness (QED) is 0.392. The first-order valence-electron chi connectivity index (χ1n) is 9.61. The molecule has 0 fully saturated rings. The molecule has 0 aliphatic carbocycles. The van der Waals surface area contributed by atoms with Crippen LogP contribution in [-0.2, 0) is 6.42 Å². The molecule has 156 valence electrons. The van der Waals surface area contributed by atoms with Gasteiger partial charge in [0, 0.05) is 33.6 Å². The van der Waals surface area contributed by atoms with E-state index in [0.29, 0.717) is 6.54 Å². The summed E-state index contributed by atoms with van der Waals surface area (Å²) >= 11 is 3.25. The summed E-state index contributed by atoms with van der Waals surface area (Å²) < 4.78 is 20.5. The number of rotatable bonds is 8. The molecule has 0 saturated heterocycles. The van der Waals surface area contributed by atoms with E-state index in [0.717, 1.165) is 44.2 Å². The van der Waals surface area contributed by atoms with Crippen molar-refractivity contribution in [1.29, 1.82) is 0 Å². The molecular weight excluding hydrogens is 421 g/mol. The predicted octanol–water partition coefficient (Wildman–Crippen LogP) is 5.20. The number of aliphatic hydroxyl groups is 1. The first kappa shape index (κ1) is 20.7. The smallest absolute Gasteiger partial charge is 0.130 e. The third kappa shape index (κ3) is 4.45. The van der Waals surface area contributed by atoms with Gasteiger partial charge in [0.1, 0.15) is 30.3 Å². The van der Waals surface area contributed by atoms with Crippen molar-refractivity contribution in [3.8, 4) is 16.3 Å². The minimum absolute atomic E-state index is 0.0160. The van der Waals surface area contributed by atoms with Gasteiger partial charge < -0.3 is 15.2 Å². The van der Waals surface area contributed by atoms with Gasteiger partial charge in [0.25, 0.3) is 0 Å². The monoisotopic (exact) mass is 443 g/mol. The van der Waals surface area contributed by atoms with Gasteiger partial charge in [-0.05, 0) is 48.9 Å². The second-order valence-electron chi connectivity index (χ2n) is 6.92. The van der Waals surface area contributed by atoms with Crippen LogP contribution in [0.4, 0.5) is 10.2 Å². The lowest BCUT2D eigenvalue weighted by Crippen LogP contribution is -2.07. The number of nitrogens with zero attached hydrogens (tertiary/aromatic N) is 2. The topological polar surface area (TPSA) is 67.3 Å². The van der Waals surface area contributed by atoms with Crippen LogP contribution < -0.4 is 10.1 Å². The Labute approximate surface area is 182 Å². The predicted molar refractivity (Wildman–Crippen MR) is 121 cm³/mol. The molecule has 0 bridgehead atoms. The Morgan fingerprint density at radius 3 is 2.87 bits per heavy atom. The Morgan fingerprint density at radius 2 is 2.03 bits per heavy atom. The zero-order valence-electron chi connectivity index (χ0n) is 16.7. The molecule has 0 aliphatic heterocycles. The average molecular weight is 444 g/mol. The van der Waals surface area contributed by atoms with Gasteiger partial charge in [-0.3, -0.25) is 0 Å². The molecule has 0 atom stereocenters. The van der Waals surface area contributed by atoms with E-state index in [4.69, 9.17) is 9.84 Å². The lowest BCUT2D eigenvalue weighted by atomic mass is 10.1. The Hall–Kier alpha value is -2.55. The zero-order valence-corrected chi connectivity index (χ0v) is 18.4. The van der Waals surface area contributed by atoms with Crippen LogP contribution in [0.15, 0.2) is 36.0 Å². The molecule has 0 aliphatic rings. The van der Waals surface area contributed by atoms with Crippen molar-refractivity contribution >= 4 is 38.6 Å². The van der Waals surface area contributed by atoms with E-state index in [1.165, 1.54) is 28.1 Å². The number of nitrogens with one attached hydrogen (secondary N) is 1.